The predicted octanol–water partition coefficient (Wildman–Crippen LogP) is 3.33. The fourth-order valence-electron chi connectivity index (χ4n) is 1.83. The van der Waals surface area contributed by atoms with E-state index in [1.807, 2.05) is 41.5 Å². The van der Waals surface area contributed by atoms with Crippen LogP contribution in [0.5, 0.6) is 0 Å². The van der Waals surface area contributed by atoms with Crippen molar-refractivity contribution in [3.63, 3.8) is 0 Å². The second kappa shape index (κ2) is 8.38. The summed E-state index contributed by atoms with van der Waals surface area (Å²) in [6.07, 6.45) is 0.0130. The zero-order valence-corrected chi connectivity index (χ0v) is 14.1. The Hall–Kier alpha value is 0.0700. The summed E-state index contributed by atoms with van der Waals surface area (Å²) in [6.45, 7) is 13.6. The molecule has 0 fully saturated rings. The zero-order chi connectivity index (χ0) is 15.2. The van der Waals surface area contributed by atoms with E-state index < -0.39 is 13.9 Å². The summed E-state index contributed by atoms with van der Waals surface area (Å²) in [5.74, 6) is 0.176. The van der Waals surface area contributed by atoms with Crippen molar-refractivity contribution < 1.29 is 18.5 Å². The molecular formula is C13H30NO4P. The highest BCUT2D eigenvalue weighted by Gasteiger charge is 2.31. The molecule has 0 aromatic heterocycles. The van der Waals surface area contributed by atoms with Crippen molar-refractivity contribution >= 4 is 7.82 Å². The van der Waals surface area contributed by atoms with Crippen molar-refractivity contribution in [2.75, 3.05) is 0 Å². The first-order valence-electron chi connectivity index (χ1n) is 7.04. The van der Waals surface area contributed by atoms with E-state index in [9.17, 15) is 9.46 Å². The number of hydrogen-bond acceptors (Lipinski definition) is 4. The Morgan fingerprint density at radius 2 is 1.63 bits per heavy atom. The Balaban J connectivity index is 4.46. The fraction of sp³-hybridized carbons (Fsp3) is 1.00. The smallest absolute Gasteiger partial charge is 0.309 e. The van der Waals surface area contributed by atoms with Gasteiger partial charge in [-0.15, -0.1) is 0 Å². The average Bonchev–Trinajstić information content (AvgIpc) is 2.23. The summed E-state index contributed by atoms with van der Waals surface area (Å²) in [7, 11) is -4.01. The van der Waals surface area contributed by atoms with Gasteiger partial charge in [-0.3, -0.25) is 9.05 Å². The first kappa shape index (κ1) is 19.1. The van der Waals surface area contributed by atoms with E-state index in [2.05, 4.69) is 5.32 Å². The fourth-order valence-corrected chi connectivity index (χ4v) is 3.21. The van der Waals surface area contributed by atoms with Gasteiger partial charge >= 0.3 is 7.82 Å². The van der Waals surface area contributed by atoms with Crippen LogP contribution in [0.2, 0.25) is 0 Å². The third-order valence-electron chi connectivity index (χ3n) is 3.01. The third-order valence-corrected chi connectivity index (χ3v) is 4.15. The molecule has 2 N–H and O–H groups in total. The molecule has 0 amide bonds. The summed E-state index contributed by atoms with van der Waals surface area (Å²) < 4.78 is 22.4. The van der Waals surface area contributed by atoms with Gasteiger partial charge in [0.25, 0.3) is 0 Å². The van der Waals surface area contributed by atoms with Crippen molar-refractivity contribution in [3.05, 3.63) is 0 Å². The van der Waals surface area contributed by atoms with Crippen LogP contribution >= 0.6 is 7.82 Å². The molecule has 0 saturated heterocycles. The molecule has 5 nitrogen and oxygen atoms in total. The molecule has 0 aliphatic heterocycles. The lowest BCUT2D eigenvalue weighted by Crippen LogP contribution is -2.40. The van der Waals surface area contributed by atoms with Crippen LogP contribution in [0.3, 0.4) is 0 Å². The lowest BCUT2D eigenvalue weighted by molar-refractivity contribution is 0.0490. The van der Waals surface area contributed by atoms with Gasteiger partial charge in [-0.25, -0.2) is 4.57 Å². The van der Waals surface area contributed by atoms with Crippen molar-refractivity contribution in [1.82, 2.24) is 5.32 Å². The SMILES string of the molecule is CCC(OP(=O)(O)OC(C)C(C)NC(C)C)C(C)C. The van der Waals surface area contributed by atoms with Crippen LogP contribution in [0, 0.1) is 5.92 Å². The molecule has 0 saturated carbocycles. The van der Waals surface area contributed by atoms with Gasteiger partial charge in [-0.2, -0.15) is 0 Å². The normalized spacial score (nSPS) is 20.3. The van der Waals surface area contributed by atoms with E-state index in [1.165, 1.54) is 0 Å². The number of nitrogens with one attached hydrogen (secondary N) is 1. The molecule has 0 rings (SSSR count). The average molecular weight is 295 g/mol. The Morgan fingerprint density at radius 3 is 2.00 bits per heavy atom. The monoisotopic (exact) mass is 295 g/mol. The van der Waals surface area contributed by atoms with E-state index in [0.29, 0.717) is 12.5 Å². The summed E-state index contributed by atoms with van der Waals surface area (Å²) in [4.78, 5) is 9.80. The van der Waals surface area contributed by atoms with Crippen LogP contribution in [0.25, 0.3) is 0 Å². The Morgan fingerprint density at radius 1 is 1.11 bits per heavy atom. The largest absolute Gasteiger partial charge is 0.472 e. The van der Waals surface area contributed by atoms with Gasteiger partial charge in [0.1, 0.15) is 0 Å². The van der Waals surface area contributed by atoms with Crippen LogP contribution in [0.15, 0.2) is 0 Å². The number of phosphoric acid groups is 1. The minimum atomic E-state index is -4.01. The molecule has 0 bridgehead atoms. The molecule has 0 aromatic rings. The van der Waals surface area contributed by atoms with E-state index in [-0.39, 0.29) is 18.1 Å². The van der Waals surface area contributed by atoms with Crippen molar-refractivity contribution in [2.45, 2.75) is 79.2 Å². The molecule has 0 aromatic carbocycles. The van der Waals surface area contributed by atoms with Crippen molar-refractivity contribution in [3.8, 4) is 0 Å². The highest BCUT2D eigenvalue weighted by molar-refractivity contribution is 7.47. The van der Waals surface area contributed by atoms with Crippen molar-refractivity contribution in [1.29, 1.82) is 0 Å². The zero-order valence-electron chi connectivity index (χ0n) is 13.2. The van der Waals surface area contributed by atoms with E-state index in [0.717, 1.165) is 0 Å². The van der Waals surface area contributed by atoms with E-state index in [4.69, 9.17) is 9.05 Å². The first-order valence-corrected chi connectivity index (χ1v) is 8.54. The van der Waals surface area contributed by atoms with Crippen LogP contribution in [-0.2, 0) is 13.6 Å². The number of phosphoric ester groups is 1. The summed E-state index contributed by atoms with van der Waals surface area (Å²) in [5, 5.41) is 3.24. The third kappa shape index (κ3) is 8.05. The maximum atomic E-state index is 12.0. The minimum absolute atomic E-state index is 0.0248. The molecular weight excluding hydrogens is 265 g/mol. The lowest BCUT2D eigenvalue weighted by atomic mass is 10.1. The summed E-state index contributed by atoms with van der Waals surface area (Å²) in [6, 6.07) is 0.266. The van der Waals surface area contributed by atoms with Gasteiger partial charge in [0, 0.05) is 12.1 Å². The highest BCUT2D eigenvalue weighted by Crippen LogP contribution is 2.47. The maximum Gasteiger partial charge on any atom is 0.472 e. The van der Waals surface area contributed by atoms with E-state index >= 15 is 0 Å². The minimum Gasteiger partial charge on any atom is -0.309 e. The molecule has 4 atom stereocenters. The van der Waals surface area contributed by atoms with Crippen molar-refractivity contribution in [2.24, 2.45) is 5.92 Å². The second-order valence-corrected chi connectivity index (χ2v) is 7.04. The van der Waals surface area contributed by atoms with Crippen LogP contribution in [0.4, 0.5) is 0 Å². The van der Waals surface area contributed by atoms with Gasteiger partial charge < -0.3 is 10.2 Å². The van der Waals surface area contributed by atoms with Gasteiger partial charge in [-0.05, 0) is 26.2 Å². The van der Waals surface area contributed by atoms with Gasteiger partial charge in [0.15, 0.2) is 0 Å². The summed E-state index contributed by atoms with van der Waals surface area (Å²) in [5.41, 5.74) is 0. The lowest BCUT2D eigenvalue weighted by Gasteiger charge is -2.28. The molecule has 0 heterocycles. The Bertz CT molecular complexity index is 296. The quantitative estimate of drug-likeness (QED) is 0.639. The summed E-state index contributed by atoms with van der Waals surface area (Å²) >= 11 is 0. The topological polar surface area (TPSA) is 67.8 Å². The molecule has 6 heteroatoms. The standard InChI is InChI=1S/C13H30NO4P/c1-8-13(9(2)3)18-19(15,16)17-12(7)11(6)14-10(4)5/h9-14H,8H2,1-7H3,(H,15,16). The molecule has 0 radical (unpaired) electrons. The maximum absolute atomic E-state index is 12.0. The van der Waals surface area contributed by atoms with Gasteiger partial charge in [-0.1, -0.05) is 34.6 Å². The van der Waals surface area contributed by atoms with Crippen LogP contribution < -0.4 is 5.32 Å². The predicted molar refractivity (Wildman–Crippen MR) is 78.1 cm³/mol. The number of rotatable bonds is 9. The Labute approximate surface area is 117 Å². The first-order chi connectivity index (χ1) is 8.59. The molecule has 116 valence electrons. The second-order valence-electron chi connectivity index (χ2n) is 5.69. The van der Waals surface area contributed by atoms with Gasteiger partial charge in [0.2, 0.25) is 0 Å². The molecule has 19 heavy (non-hydrogen) atoms. The molecule has 0 aliphatic rings. The van der Waals surface area contributed by atoms with Crippen LogP contribution in [0.1, 0.15) is 54.9 Å². The van der Waals surface area contributed by atoms with Gasteiger partial charge in [0.05, 0.1) is 12.2 Å². The molecule has 0 aliphatic carbocycles. The number of hydrogen-bond donors (Lipinski definition) is 2. The van der Waals surface area contributed by atoms with E-state index in [1.54, 1.807) is 6.92 Å². The van der Waals surface area contributed by atoms with Crippen LogP contribution in [-0.4, -0.2) is 29.2 Å². The molecule has 0 spiro atoms. The highest BCUT2D eigenvalue weighted by atomic mass is 31.2. The Kier molecular flexibility index (Phi) is 8.41. The molecule has 4 unspecified atom stereocenters.